The van der Waals surface area contributed by atoms with E-state index in [2.05, 4.69) is 57.2 Å². The maximum absolute atomic E-state index is 12.8. The molecule has 356 valence electrons. The Morgan fingerprint density at radius 2 is 0.590 bits per heavy atom. The first kappa shape index (κ1) is 58.6. The van der Waals surface area contributed by atoms with Crippen LogP contribution in [0.3, 0.4) is 0 Å². The van der Waals surface area contributed by atoms with Gasteiger partial charge in [0, 0.05) is 19.3 Å². The SMILES string of the molecule is CCCCC/C=C\C/C=C\C/C=C\CCCCCCCCC(=O)OCC(COC(=O)CCCCCCCCCCCCCC)OC(=O)CCCCCCCCCCCCCC. The number of rotatable bonds is 48. The molecular weight excluding hydrogens is 757 g/mol. The first-order valence-corrected chi connectivity index (χ1v) is 26.5. The van der Waals surface area contributed by atoms with Gasteiger partial charge in [0.1, 0.15) is 13.2 Å². The van der Waals surface area contributed by atoms with Gasteiger partial charge in [0.25, 0.3) is 0 Å². The van der Waals surface area contributed by atoms with Gasteiger partial charge >= 0.3 is 17.9 Å². The van der Waals surface area contributed by atoms with Gasteiger partial charge in [-0.2, -0.15) is 0 Å². The highest BCUT2D eigenvalue weighted by Gasteiger charge is 2.19. The molecule has 0 aliphatic carbocycles. The molecule has 1 atom stereocenters. The quantitative estimate of drug-likeness (QED) is 0.0262. The molecule has 0 N–H and O–H groups in total. The third-order valence-electron chi connectivity index (χ3n) is 11.6. The van der Waals surface area contributed by atoms with Gasteiger partial charge < -0.3 is 14.2 Å². The summed E-state index contributed by atoms with van der Waals surface area (Å²) in [5, 5.41) is 0. The number of hydrogen-bond donors (Lipinski definition) is 0. The molecule has 0 aliphatic rings. The lowest BCUT2D eigenvalue weighted by Gasteiger charge is -2.18. The van der Waals surface area contributed by atoms with E-state index in [0.29, 0.717) is 19.3 Å². The molecule has 61 heavy (non-hydrogen) atoms. The van der Waals surface area contributed by atoms with Crippen molar-refractivity contribution in [2.45, 2.75) is 284 Å². The summed E-state index contributed by atoms with van der Waals surface area (Å²) in [4.78, 5) is 37.9. The zero-order valence-corrected chi connectivity index (χ0v) is 40.7. The largest absolute Gasteiger partial charge is 0.462 e. The van der Waals surface area contributed by atoms with Crippen molar-refractivity contribution in [3.05, 3.63) is 36.5 Å². The molecular formula is C55H100O6. The van der Waals surface area contributed by atoms with Crippen LogP contribution in [-0.2, 0) is 28.6 Å². The Bertz CT molecular complexity index is 1030. The van der Waals surface area contributed by atoms with E-state index >= 15 is 0 Å². The van der Waals surface area contributed by atoms with E-state index < -0.39 is 6.10 Å². The highest BCUT2D eigenvalue weighted by Crippen LogP contribution is 2.16. The zero-order valence-electron chi connectivity index (χ0n) is 40.7. The van der Waals surface area contributed by atoms with Gasteiger partial charge in [-0.3, -0.25) is 14.4 Å². The highest BCUT2D eigenvalue weighted by molar-refractivity contribution is 5.71. The molecule has 0 saturated heterocycles. The Morgan fingerprint density at radius 1 is 0.328 bits per heavy atom. The van der Waals surface area contributed by atoms with E-state index in [9.17, 15) is 14.4 Å². The zero-order chi connectivity index (χ0) is 44.4. The van der Waals surface area contributed by atoms with Crippen molar-refractivity contribution in [1.82, 2.24) is 0 Å². The van der Waals surface area contributed by atoms with Crippen molar-refractivity contribution < 1.29 is 28.6 Å². The number of esters is 3. The number of allylic oxidation sites excluding steroid dienone is 6. The van der Waals surface area contributed by atoms with E-state index in [1.54, 1.807) is 0 Å². The predicted molar refractivity (Wildman–Crippen MR) is 261 cm³/mol. The lowest BCUT2D eigenvalue weighted by Crippen LogP contribution is -2.30. The number of carbonyl (C=O) groups excluding carboxylic acids is 3. The molecule has 6 nitrogen and oxygen atoms in total. The highest BCUT2D eigenvalue weighted by atomic mass is 16.6. The van der Waals surface area contributed by atoms with E-state index in [1.165, 1.54) is 161 Å². The standard InChI is InChI=1S/C55H100O6/c1-4-7-10-13-16-19-22-25-26-27-28-29-30-31-34-36-39-42-45-48-54(57)60-51-52(61-55(58)49-46-43-40-37-33-24-21-18-15-12-9-6-3)50-59-53(56)47-44-41-38-35-32-23-20-17-14-11-8-5-2/h16,19,25-26,28-29,52H,4-15,17-18,20-24,27,30-51H2,1-3H3/b19-16-,26-25-,29-28-. The summed E-state index contributed by atoms with van der Waals surface area (Å²) in [7, 11) is 0. The Labute approximate surface area is 378 Å². The Kier molecular flexibility index (Phi) is 48.3. The smallest absolute Gasteiger partial charge is 0.306 e. The fraction of sp³-hybridized carbons (Fsp3) is 0.836. The third-order valence-corrected chi connectivity index (χ3v) is 11.6. The lowest BCUT2D eigenvalue weighted by atomic mass is 10.0. The Hall–Kier alpha value is -2.37. The van der Waals surface area contributed by atoms with Crippen LogP contribution in [0.1, 0.15) is 278 Å². The number of unbranched alkanes of at least 4 members (excludes halogenated alkanes) is 31. The fourth-order valence-electron chi connectivity index (χ4n) is 7.63. The molecule has 6 heteroatoms. The molecule has 0 heterocycles. The second-order valence-electron chi connectivity index (χ2n) is 17.8. The summed E-state index contributed by atoms with van der Waals surface area (Å²) in [5.74, 6) is -0.874. The molecule has 0 aromatic carbocycles. The second kappa shape index (κ2) is 50.3. The van der Waals surface area contributed by atoms with Crippen molar-refractivity contribution in [2.24, 2.45) is 0 Å². The van der Waals surface area contributed by atoms with Crippen molar-refractivity contribution >= 4 is 17.9 Å². The van der Waals surface area contributed by atoms with Crippen LogP contribution < -0.4 is 0 Å². The maximum Gasteiger partial charge on any atom is 0.306 e. The third kappa shape index (κ3) is 48.5. The Morgan fingerprint density at radius 3 is 0.951 bits per heavy atom. The summed E-state index contributed by atoms with van der Waals surface area (Å²) < 4.78 is 16.8. The molecule has 0 aliphatic heterocycles. The van der Waals surface area contributed by atoms with Gasteiger partial charge in [-0.25, -0.2) is 0 Å². The van der Waals surface area contributed by atoms with Crippen LogP contribution in [0.25, 0.3) is 0 Å². The molecule has 0 amide bonds. The van der Waals surface area contributed by atoms with E-state index in [4.69, 9.17) is 14.2 Å². The van der Waals surface area contributed by atoms with Gasteiger partial charge in [-0.15, -0.1) is 0 Å². The molecule has 0 radical (unpaired) electrons. The van der Waals surface area contributed by atoms with Crippen molar-refractivity contribution in [1.29, 1.82) is 0 Å². The monoisotopic (exact) mass is 857 g/mol. The normalized spacial score (nSPS) is 12.2. The topological polar surface area (TPSA) is 78.9 Å². The van der Waals surface area contributed by atoms with Gasteiger partial charge in [-0.1, -0.05) is 237 Å². The van der Waals surface area contributed by atoms with Crippen molar-refractivity contribution in [2.75, 3.05) is 13.2 Å². The molecule has 0 aromatic heterocycles. The van der Waals surface area contributed by atoms with Crippen LogP contribution in [0.5, 0.6) is 0 Å². The van der Waals surface area contributed by atoms with Gasteiger partial charge in [0.05, 0.1) is 0 Å². The molecule has 0 spiro atoms. The van der Waals surface area contributed by atoms with Gasteiger partial charge in [0.2, 0.25) is 0 Å². The number of hydrogen-bond acceptors (Lipinski definition) is 6. The summed E-state index contributed by atoms with van der Waals surface area (Å²) in [6.45, 7) is 6.62. The van der Waals surface area contributed by atoms with Crippen molar-refractivity contribution in [3.8, 4) is 0 Å². The van der Waals surface area contributed by atoms with Crippen LogP contribution >= 0.6 is 0 Å². The summed E-state index contributed by atoms with van der Waals surface area (Å²) in [6, 6.07) is 0. The molecule has 0 saturated carbocycles. The number of ether oxygens (including phenoxy) is 3. The first-order valence-electron chi connectivity index (χ1n) is 26.5. The summed E-state index contributed by atoms with van der Waals surface area (Å²) in [5.41, 5.74) is 0. The Balaban J connectivity index is 4.33. The fourth-order valence-corrected chi connectivity index (χ4v) is 7.63. The first-order chi connectivity index (χ1) is 30.0. The average Bonchev–Trinajstić information content (AvgIpc) is 3.26. The molecule has 0 fully saturated rings. The predicted octanol–water partition coefficient (Wildman–Crippen LogP) is 17.3. The van der Waals surface area contributed by atoms with E-state index in [1.807, 2.05) is 0 Å². The van der Waals surface area contributed by atoms with Gasteiger partial charge in [0.15, 0.2) is 6.10 Å². The molecule has 1 unspecified atom stereocenters. The maximum atomic E-state index is 12.8. The van der Waals surface area contributed by atoms with E-state index in [-0.39, 0.29) is 31.1 Å². The number of carbonyl (C=O) groups is 3. The minimum atomic E-state index is -0.771. The van der Waals surface area contributed by atoms with Crippen LogP contribution in [0.2, 0.25) is 0 Å². The lowest BCUT2D eigenvalue weighted by molar-refractivity contribution is -0.167. The minimum absolute atomic E-state index is 0.0721. The van der Waals surface area contributed by atoms with Crippen LogP contribution in [0, 0.1) is 0 Å². The van der Waals surface area contributed by atoms with Crippen molar-refractivity contribution in [3.63, 3.8) is 0 Å². The minimum Gasteiger partial charge on any atom is -0.462 e. The molecule has 0 aromatic rings. The summed E-state index contributed by atoms with van der Waals surface area (Å²) in [6.07, 6.45) is 58.4. The average molecular weight is 857 g/mol. The van der Waals surface area contributed by atoms with E-state index in [0.717, 1.165) is 77.0 Å². The van der Waals surface area contributed by atoms with Crippen LogP contribution in [-0.4, -0.2) is 37.2 Å². The summed E-state index contributed by atoms with van der Waals surface area (Å²) >= 11 is 0. The molecule has 0 rings (SSSR count). The van der Waals surface area contributed by atoms with Crippen LogP contribution in [0.4, 0.5) is 0 Å². The van der Waals surface area contributed by atoms with Crippen LogP contribution in [0.15, 0.2) is 36.5 Å². The molecule has 0 bridgehead atoms. The second-order valence-corrected chi connectivity index (χ2v) is 17.8. The van der Waals surface area contributed by atoms with Gasteiger partial charge in [-0.05, 0) is 57.8 Å².